The van der Waals surface area contributed by atoms with Crippen molar-refractivity contribution in [2.75, 3.05) is 5.73 Å². The lowest BCUT2D eigenvalue weighted by Gasteiger charge is -2.12. The molecule has 21 heavy (non-hydrogen) atoms. The largest absolute Gasteiger partial charge is 0.550 e. The standard InChI is InChI=1S/C15H11Cl2NO3/c16-10-3-1-8(2-4-10)15(21)12-7-11(17)5-9(14(12)18)6-13(19)20/h1-5,7H,6,18H2,(H,19,20)/p-1. The maximum absolute atomic E-state index is 12.4. The number of anilines is 1. The highest BCUT2D eigenvalue weighted by molar-refractivity contribution is 6.32. The zero-order valence-corrected chi connectivity index (χ0v) is 12.2. The number of carboxylic acids is 1. The summed E-state index contributed by atoms with van der Waals surface area (Å²) in [6, 6.07) is 9.10. The van der Waals surface area contributed by atoms with Crippen LogP contribution in [0.2, 0.25) is 10.0 Å². The Bertz CT molecular complexity index is 712. The number of carboxylic acid groups (broad SMARTS) is 1. The first-order valence-corrected chi connectivity index (χ1v) is 6.72. The number of hydrogen-bond donors (Lipinski definition) is 1. The van der Waals surface area contributed by atoms with E-state index in [2.05, 4.69) is 0 Å². The van der Waals surface area contributed by atoms with E-state index in [1.807, 2.05) is 0 Å². The molecule has 0 fully saturated rings. The molecule has 0 bridgehead atoms. The number of aliphatic carboxylic acids is 1. The van der Waals surface area contributed by atoms with Gasteiger partial charge in [-0.1, -0.05) is 23.2 Å². The van der Waals surface area contributed by atoms with E-state index in [9.17, 15) is 14.7 Å². The van der Waals surface area contributed by atoms with Crippen molar-refractivity contribution in [3.05, 3.63) is 63.1 Å². The fraction of sp³-hybridized carbons (Fsp3) is 0.0667. The van der Waals surface area contributed by atoms with Crippen LogP contribution in [-0.2, 0) is 11.2 Å². The maximum Gasteiger partial charge on any atom is 0.195 e. The Balaban J connectivity index is 2.47. The lowest BCUT2D eigenvalue weighted by atomic mass is 9.98. The minimum absolute atomic E-state index is 0.0866. The highest BCUT2D eigenvalue weighted by Gasteiger charge is 2.16. The average Bonchev–Trinajstić information content (AvgIpc) is 2.42. The molecule has 2 aromatic carbocycles. The van der Waals surface area contributed by atoms with Crippen LogP contribution in [0.1, 0.15) is 21.5 Å². The number of carbonyl (C=O) groups excluding carboxylic acids is 2. The number of hydrogen-bond acceptors (Lipinski definition) is 4. The molecule has 2 rings (SSSR count). The minimum Gasteiger partial charge on any atom is -0.550 e. The van der Waals surface area contributed by atoms with Crippen LogP contribution in [0.4, 0.5) is 5.69 Å². The summed E-state index contributed by atoms with van der Waals surface area (Å²) < 4.78 is 0. The van der Waals surface area contributed by atoms with E-state index in [1.54, 1.807) is 24.3 Å². The predicted molar refractivity (Wildman–Crippen MR) is 79.5 cm³/mol. The highest BCUT2D eigenvalue weighted by Crippen LogP contribution is 2.26. The summed E-state index contributed by atoms with van der Waals surface area (Å²) in [6.45, 7) is 0. The van der Waals surface area contributed by atoms with E-state index in [4.69, 9.17) is 28.9 Å². The topological polar surface area (TPSA) is 83.2 Å². The van der Waals surface area contributed by atoms with E-state index in [1.165, 1.54) is 12.1 Å². The molecular weight excluding hydrogens is 313 g/mol. The van der Waals surface area contributed by atoms with E-state index < -0.39 is 12.4 Å². The second kappa shape index (κ2) is 6.16. The molecule has 4 nitrogen and oxygen atoms in total. The summed E-state index contributed by atoms with van der Waals surface area (Å²) in [4.78, 5) is 23.1. The van der Waals surface area contributed by atoms with Crippen molar-refractivity contribution in [1.82, 2.24) is 0 Å². The summed E-state index contributed by atoms with van der Waals surface area (Å²) in [7, 11) is 0. The molecule has 0 aliphatic rings. The van der Waals surface area contributed by atoms with Crippen molar-refractivity contribution in [2.45, 2.75) is 6.42 Å². The molecule has 0 aliphatic carbocycles. The number of halogens is 2. The first kappa shape index (κ1) is 15.4. The lowest BCUT2D eigenvalue weighted by Crippen LogP contribution is -2.25. The van der Waals surface area contributed by atoms with Gasteiger partial charge in [0.25, 0.3) is 0 Å². The molecular formula is C15H10Cl2NO3-. The van der Waals surface area contributed by atoms with Gasteiger partial charge in [-0.2, -0.15) is 0 Å². The third kappa shape index (κ3) is 3.54. The van der Waals surface area contributed by atoms with Crippen molar-refractivity contribution >= 4 is 40.6 Å². The summed E-state index contributed by atoms with van der Waals surface area (Å²) >= 11 is 11.7. The monoisotopic (exact) mass is 322 g/mol. The molecule has 0 spiro atoms. The number of carbonyl (C=O) groups is 2. The zero-order chi connectivity index (χ0) is 15.6. The first-order chi connectivity index (χ1) is 9.88. The SMILES string of the molecule is Nc1c(CC(=O)[O-])cc(Cl)cc1C(=O)c1ccc(Cl)cc1. The van der Waals surface area contributed by atoms with Crippen LogP contribution in [-0.4, -0.2) is 11.8 Å². The van der Waals surface area contributed by atoms with Crippen molar-refractivity contribution in [3.8, 4) is 0 Å². The van der Waals surface area contributed by atoms with Crippen molar-refractivity contribution in [3.63, 3.8) is 0 Å². The van der Waals surface area contributed by atoms with E-state index in [0.717, 1.165) is 0 Å². The molecule has 0 saturated heterocycles. The second-order valence-electron chi connectivity index (χ2n) is 4.41. The van der Waals surface area contributed by atoms with Crippen LogP contribution < -0.4 is 10.8 Å². The number of nitrogen functional groups attached to an aromatic ring is 1. The van der Waals surface area contributed by atoms with Gasteiger partial charge in [0, 0.05) is 39.2 Å². The number of nitrogens with two attached hydrogens (primary N) is 1. The molecule has 2 N–H and O–H groups in total. The Morgan fingerprint density at radius 2 is 1.67 bits per heavy atom. The van der Waals surface area contributed by atoms with Gasteiger partial charge in [-0.25, -0.2) is 0 Å². The summed E-state index contributed by atoms with van der Waals surface area (Å²) in [5.74, 6) is -1.65. The van der Waals surface area contributed by atoms with Gasteiger partial charge in [-0.05, 0) is 42.0 Å². The van der Waals surface area contributed by atoms with Crippen molar-refractivity contribution in [2.24, 2.45) is 0 Å². The van der Waals surface area contributed by atoms with Crippen molar-refractivity contribution in [1.29, 1.82) is 0 Å². The van der Waals surface area contributed by atoms with Crippen LogP contribution >= 0.6 is 23.2 Å². The van der Waals surface area contributed by atoms with Crippen LogP contribution in [0.15, 0.2) is 36.4 Å². The lowest BCUT2D eigenvalue weighted by molar-refractivity contribution is -0.304. The molecule has 0 aliphatic heterocycles. The molecule has 108 valence electrons. The van der Waals surface area contributed by atoms with Crippen molar-refractivity contribution < 1.29 is 14.7 Å². The van der Waals surface area contributed by atoms with Gasteiger partial charge in [-0.15, -0.1) is 0 Å². The zero-order valence-electron chi connectivity index (χ0n) is 10.7. The Labute approximate surface area is 131 Å². The highest BCUT2D eigenvalue weighted by atomic mass is 35.5. The van der Waals surface area contributed by atoms with Gasteiger partial charge >= 0.3 is 0 Å². The van der Waals surface area contributed by atoms with Gasteiger partial charge in [0.2, 0.25) is 0 Å². The fourth-order valence-corrected chi connectivity index (χ4v) is 2.29. The Hall–Kier alpha value is -2.04. The molecule has 0 atom stereocenters. The third-order valence-electron chi connectivity index (χ3n) is 2.92. The molecule has 0 saturated carbocycles. The van der Waals surface area contributed by atoms with Crippen LogP contribution in [0.5, 0.6) is 0 Å². The number of ketones is 1. The van der Waals surface area contributed by atoms with Gasteiger partial charge in [-0.3, -0.25) is 4.79 Å². The number of rotatable bonds is 4. The fourth-order valence-electron chi connectivity index (χ4n) is 1.92. The van der Waals surface area contributed by atoms with Gasteiger partial charge in [0.05, 0.1) is 0 Å². The van der Waals surface area contributed by atoms with E-state index in [-0.39, 0.29) is 27.6 Å². The molecule has 0 amide bonds. The molecule has 0 heterocycles. The van der Waals surface area contributed by atoms with Crippen LogP contribution in [0.25, 0.3) is 0 Å². The predicted octanol–water partition coefficient (Wildman–Crippen LogP) is 2.10. The Kier molecular flexibility index (Phi) is 4.50. The second-order valence-corrected chi connectivity index (χ2v) is 5.28. The normalized spacial score (nSPS) is 10.4. The molecule has 0 aromatic heterocycles. The van der Waals surface area contributed by atoms with E-state index in [0.29, 0.717) is 10.6 Å². The average molecular weight is 323 g/mol. The summed E-state index contributed by atoms with van der Waals surface area (Å²) in [5, 5.41) is 11.4. The van der Waals surface area contributed by atoms with Crippen LogP contribution in [0, 0.1) is 0 Å². The smallest absolute Gasteiger partial charge is 0.195 e. The van der Waals surface area contributed by atoms with E-state index >= 15 is 0 Å². The third-order valence-corrected chi connectivity index (χ3v) is 3.39. The number of benzene rings is 2. The molecule has 6 heteroatoms. The Morgan fingerprint density at radius 1 is 1.05 bits per heavy atom. The summed E-state index contributed by atoms with van der Waals surface area (Å²) in [5.41, 5.74) is 6.74. The first-order valence-electron chi connectivity index (χ1n) is 5.96. The van der Waals surface area contributed by atoms with Gasteiger partial charge in [0.15, 0.2) is 5.78 Å². The maximum atomic E-state index is 12.4. The Morgan fingerprint density at radius 3 is 2.24 bits per heavy atom. The van der Waals surface area contributed by atoms with Gasteiger partial charge in [0.1, 0.15) is 0 Å². The molecule has 0 radical (unpaired) electrons. The van der Waals surface area contributed by atoms with Gasteiger partial charge < -0.3 is 15.6 Å². The molecule has 2 aromatic rings. The summed E-state index contributed by atoms with van der Waals surface area (Å²) in [6.07, 6.45) is -0.409. The minimum atomic E-state index is -1.30. The van der Waals surface area contributed by atoms with Crippen LogP contribution in [0.3, 0.4) is 0 Å². The quantitative estimate of drug-likeness (QED) is 0.690. The molecule has 0 unspecified atom stereocenters.